The van der Waals surface area contributed by atoms with Gasteiger partial charge in [-0.15, -0.1) is 11.3 Å². The van der Waals surface area contributed by atoms with Crippen LogP contribution in [0.2, 0.25) is 0 Å². The Bertz CT molecular complexity index is 1390. The Morgan fingerprint density at radius 2 is 1.50 bits per heavy atom. The maximum absolute atomic E-state index is 13.4. The van der Waals surface area contributed by atoms with Crippen LogP contribution in [0, 0.1) is 5.92 Å². The first kappa shape index (κ1) is 31.3. The minimum Gasteiger partial charge on any atom is -0.462 e. The first-order chi connectivity index (χ1) is 18.9. The summed E-state index contributed by atoms with van der Waals surface area (Å²) >= 11 is 14.8. The van der Waals surface area contributed by atoms with Crippen molar-refractivity contribution in [2.45, 2.75) is 52.5 Å². The Labute approximate surface area is 268 Å². The molecule has 2 aliphatic rings. The molecule has 0 saturated carbocycles. The van der Waals surface area contributed by atoms with Crippen molar-refractivity contribution in [2.75, 3.05) is 18.5 Å². The molecule has 214 valence electrons. The van der Waals surface area contributed by atoms with Crippen LogP contribution in [0.25, 0.3) is 0 Å². The van der Waals surface area contributed by atoms with E-state index in [4.69, 9.17) is 9.47 Å². The molecule has 0 spiro atoms. The standard InChI is InChI=1S/C26H24Br4N2O7S/c1-4-38-25(36)14-11-7-5-6-8-12(11)40-22(14)31-13(33)9-39-26(37)21(10(2)3)32-23(34)15-16(24(32)35)18(28)20(30)19(29)17(15)27/h10,21H,4-9H2,1-3H3,(H,31,33). The van der Waals surface area contributed by atoms with Gasteiger partial charge in [-0.05, 0) is 108 Å². The Kier molecular flexibility index (Phi) is 9.96. The first-order valence-corrected chi connectivity index (χ1v) is 16.4. The number of aryl methyl sites for hydroxylation is 1. The summed E-state index contributed by atoms with van der Waals surface area (Å²) < 4.78 is 12.3. The summed E-state index contributed by atoms with van der Waals surface area (Å²) in [4.78, 5) is 67.5. The number of amides is 3. The Morgan fingerprint density at radius 1 is 0.925 bits per heavy atom. The topological polar surface area (TPSA) is 119 Å². The fourth-order valence-corrected chi connectivity index (χ4v) is 8.50. The smallest absolute Gasteiger partial charge is 0.341 e. The summed E-state index contributed by atoms with van der Waals surface area (Å²) in [5.74, 6) is -3.90. The highest BCUT2D eigenvalue weighted by atomic mass is 79.9. The second-order valence-electron chi connectivity index (χ2n) is 9.47. The summed E-state index contributed by atoms with van der Waals surface area (Å²) in [6, 6.07) is -1.28. The van der Waals surface area contributed by atoms with Crippen LogP contribution in [0.4, 0.5) is 5.00 Å². The zero-order valence-electron chi connectivity index (χ0n) is 21.6. The molecule has 1 aliphatic heterocycles. The van der Waals surface area contributed by atoms with E-state index in [1.807, 2.05) is 0 Å². The fraction of sp³-hybridized carbons (Fsp3) is 0.423. The van der Waals surface area contributed by atoms with Gasteiger partial charge in [0.25, 0.3) is 17.7 Å². The molecule has 0 saturated heterocycles. The van der Waals surface area contributed by atoms with Crippen LogP contribution >= 0.6 is 75.1 Å². The molecular formula is C26H24Br4N2O7S. The van der Waals surface area contributed by atoms with Gasteiger partial charge in [-0.3, -0.25) is 19.3 Å². The number of carbonyl (C=O) groups is 5. The second-order valence-corrected chi connectivity index (χ2v) is 13.7. The van der Waals surface area contributed by atoms with E-state index < -0.39 is 48.2 Å². The predicted octanol–water partition coefficient (Wildman–Crippen LogP) is 6.66. The highest BCUT2D eigenvalue weighted by Gasteiger charge is 2.48. The van der Waals surface area contributed by atoms with Crippen LogP contribution in [0.15, 0.2) is 17.9 Å². The van der Waals surface area contributed by atoms with Gasteiger partial charge in [0.05, 0.1) is 23.3 Å². The van der Waals surface area contributed by atoms with Crippen LogP contribution in [0.1, 0.15) is 75.1 Å². The fourth-order valence-electron chi connectivity index (χ4n) is 4.75. The summed E-state index contributed by atoms with van der Waals surface area (Å²) in [5.41, 5.74) is 1.46. The lowest BCUT2D eigenvalue weighted by molar-refractivity contribution is -0.152. The summed E-state index contributed by atoms with van der Waals surface area (Å²) in [6.07, 6.45) is 3.47. The van der Waals surface area contributed by atoms with Crippen LogP contribution in [0.5, 0.6) is 0 Å². The lowest BCUT2D eigenvalue weighted by atomic mass is 9.95. The van der Waals surface area contributed by atoms with Crippen molar-refractivity contribution >= 4 is 110 Å². The van der Waals surface area contributed by atoms with E-state index in [2.05, 4.69) is 69.0 Å². The number of nitrogens with zero attached hydrogens (tertiary/aromatic N) is 1. The highest BCUT2D eigenvalue weighted by Crippen LogP contribution is 2.46. The SMILES string of the molecule is CCOC(=O)c1c(NC(=O)COC(=O)C(C(C)C)N2C(=O)c3c(Br)c(Br)c(Br)c(Br)c3C2=O)sc2c1CCCC2. The molecule has 2 heterocycles. The third-order valence-electron chi connectivity index (χ3n) is 6.53. The Morgan fingerprint density at radius 3 is 2.05 bits per heavy atom. The third kappa shape index (κ3) is 5.70. The number of hydrogen-bond donors (Lipinski definition) is 1. The van der Waals surface area contributed by atoms with Crippen LogP contribution in [0.3, 0.4) is 0 Å². The van der Waals surface area contributed by atoms with E-state index in [-0.39, 0.29) is 17.7 Å². The third-order valence-corrected chi connectivity index (χ3v) is 12.5. The molecule has 9 nitrogen and oxygen atoms in total. The maximum atomic E-state index is 13.4. The number of benzene rings is 1. The average molecular weight is 828 g/mol. The Hall–Kier alpha value is -1.61. The van der Waals surface area contributed by atoms with Gasteiger partial charge >= 0.3 is 11.9 Å². The van der Waals surface area contributed by atoms with Crippen molar-refractivity contribution in [3.05, 3.63) is 45.0 Å². The van der Waals surface area contributed by atoms with Crippen molar-refractivity contribution in [3.8, 4) is 0 Å². The van der Waals surface area contributed by atoms with Crippen molar-refractivity contribution < 1.29 is 33.4 Å². The molecule has 14 heteroatoms. The van der Waals surface area contributed by atoms with Crippen LogP contribution in [-0.2, 0) is 31.9 Å². The maximum Gasteiger partial charge on any atom is 0.341 e. The molecule has 1 aliphatic carbocycles. The van der Waals surface area contributed by atoms with Gasteiger partial charge in [0.15, 0.2) is 6.61 Å². The lowest BCUT2D eigenvalue weighted by Gasteiger charge is -2.27. The van der Waals surface area contributed by atoms with E-state index in [1.54, 1.807) is 20.8 Å². The highest BCUT2D eigenvalue weighted by molar-refractivity contribution is 9.15. The largest absolute Gasteiger partial charge is 0.462 e. The van der Waals surface area contributed by atoms with Gasteiger partial charge in [-0.25, -0.2) is 9.59 Å². The zero-order valence-corrected chi connectivity index (χ0v) is 28.8. The van der Waals surface area contributed by atoms with E-state index in [1.165, 1.54) is 11.3 Å². The molecule has 0 radical (unpaired) electrons. The molecule has 1 aromatic heterocycles. The molecule has 4 rings (SSSR count). The molecule has 0 fully saturated rings. The number of thiophene rings is 1. The van der Waals surface area contributed by atoms with Gasteiger partial charge in [0.2, 0.25) is 0 Å². The number of carbonyl (C=O) groups excluding carboxylic acids is 5. The van der Waals surface area contributed by atoms with Crippen molar-refractivity contribution in [1.82, 2.24) is 4.90 Å². The number of imide groups is 1. The molecule has 2 aromatic rings. The van der Waals surface area contributed by atoms with Crippen molar-refractivity contribution in [3.63, 3.8) is 0 Å². The second kappa shape index (κ2) is 12.7. The minimum absolute atomic E-state index is 0.108. The van der Waals surface area contributed by atoms with Crippen LogP contribution < -0.4 is 5.32 Å². The van der Waals surface area contributed by atoms with E-state index >= 15 is 0 Å². The quantitative estimate of drug-likeness (QED) is 0.137. The molecule has 1 unspecified atom stereocenters. The number of nitrogens with one attached hydrogen (secondary N) is 1. The molecule has 1 N–H and O–H groups in total. The predicted molar refractivity (Wildman–Crippen MR) is 163 cm³/mol. The van der Waals surface area contributed by atoms with Crippen LogP contribution in [-0.4, -0.2) is 53.8 Å². The number of halogens is 4. The number of rotatable bonds is 8. The summed E-state index contributed by atoms with van der Waals surface area (Å²) in [7, 11) is 0. The molecule has 1 atom stereocenters. The molecule has 1 aromatic carbocycles. The molecular weight excluding hydrogens is 804 g/mol. The number of fused-ring (bicyclic) bond motifs is 2. The molecule has 3 amide bonds. The molecule has 40 heavy (non-hydrogen) atoms. The monoisotopic (exact) mass is 824 g/mol. The minimum atomic E-state index is -1.28. The van der Waals surface area contributed by atoms with E-state index in [0.717, 1.165) is 41.0 Å². The summed E-state index contributed by atoms with van der Waals surface area (Å²) in [6.45, 7) is 4.59. The first-order valence-electron chi connectivity index (χ1n) is 12.4. The van der Waals surface area contributed by atoms with Gasteiger partial charge in [-0.1, -0.05) is 13.8 Å². The van der Waals surface area contributed by atoms with Crippen molar-refractivity contribution in [1.29, 1.82) is 0 Å². The van der Waals surface area contributed by atoms with E-state index in [9.17, 15) is 24.0 Å². The molecule has 0 bridgehead atoms. The number of esters is 2. The van der Waals surface area contributed by atoms with Gasteiger partial charge in [0.1, 0.15) is 11.0 Å². The van der Waals surface area contributed by atoms with Gasteiger partial charge in [-0.2, -0.15) is 0 Å². The normalized spacial score (nSPS) is 15.2. The number of anilines is 1. The zero-order chi connectivity index (χ0) is 29.5. The number of hydrogen-bond acceptors (Lipinski definition) is 8. The Balaban J connectivity index is 1.52. The van der Waals surface area contributed by atoms with Gasteiger partial charge < -0.3 is 14.8 Å². The van der Waals surface area contributed by atoms with E-state index in [0.29, 0.717) is 28.5 Å². The average Bonchev–Trinajstić information content (AvgIpc) is 3.39. The summed E-state index contributed by atoms with van der Waals surface area (Å²) in [5, 5.41) is 3.05. The lowest BCUT2D eigenvalue weighted by Crippen LogP contribution is -2.49. The van der Waals surface area contributed by atoms with Gasteiger partial charge in [0, 0.05) is 22.8 Å². The number of ether oxygens (including phenoxy) is 2. The van der Waals surface area contributed by atoms with Crippen molar-refractivity contribution in [2.24, 2.45) is 5.92 Å².